The van der Waals surface area contributed by atoms with Crippen molar-refractivity contribution in [1.82, 2.24) is 9.80 Å². The zero-order chi connectivity index (χ0) is 27.8. The molecular formula is C32H42Cl2N2O3. The molecule has 0 unspecified atom stereocenters. The Bertz CT molecular complexity index is 1190. The number of hydrogen-bond donors (Lipinski definition) is 1. The minimum Gasteiger partial charge on any atom is -0.508 e. The van der Waals surface area contributed by atoms with E-state index in [9.17, 15) is 9.90 Å². The highest BCUT2D eigenvalue weighted by atomic mass is 35.5. The van der Waals surface area contributed by atoms with Gasteiger partial charge >= 0.3 is 0 Å². The highest BCUT2D eigenvalue weighted by Gasteiger charge is 2.59. The van der Waals surface area contributed by atoms with E-state index in [2.05, 4.69) is 29.7 Å². The average Bonchev–Trinajstić information content (AvgIpc) is 3.73. The molecule has 0 spiro atoms. The molecule has 1 amide bonds. The maximum Gasteiger partial charge on any atom is 0.227 e. The molecule has 212 valence electrons. The van der Waals surface area contributed by atoms with E-state index in [1.807, 2.05) is 25.3 Å². The molecule has 5 rings (SSSR count). The van der Waals surface area contributed by atoms with Crippen LogP contribution in [0.4, 0.5) is 0 Å². The third kappa shape index (κ3) is 5.98. The summed E-state index contributed by atoms with van der Waals surface area (Å²) >= 11 is 12.4. The van der Waals surface area contributed by atoms with Gasteiger partial charge in [-0.2, -0.15) is 0 Å². The lowest BCUT2D eigenvalue weighted by Gasteiger charge is -2.61. The zero-order valence-corrected chi connectivity index (χ0v) is 25.0. The Morgan fingerprint density at radius 3 is 2.59 bits per heavy atom. The van der Waals surface area contributed by atoms with E-state index in [1.165, 1.54) is 12.8 Å². The Labute approximate surface area is 243 Å². The normalized spacial score (nSPS) is 27.4. The van der Waals surface area contributed by atoms with Gasteiger partial charge in [0, 0.05) is 38.2 Å². The van der Waals surface area contributed by atoms with Gasteiger partial charge < -0.3 is 19.6 Å². The van der Waals surface area contributed by atoms with Crippen molar-refractivity contribution >= 4 is 29.1 Å². The molecule has 0 radical (unpaired) electrons. The summed E-state index contributed by atoms with van der Waals surface area (Å²) in [6.45, 7) is 8.09. The number of hydrogen-bond acceptors (Lipinski definition) is 4. The quantitative estimate of drug-likeness (QED) is 0.362. The largest absolute Gasteiger partial charge is 0.508 e. The van der Waals surface area contributed by atoms with Gasteiger partial charge in [-0.15, -0.1) is 0 Å². The minimum atomic E-state index is -0.360. The molecule has 3 aliphatic rings. The van der Waals surface area contributed by atoms with E-state index in [4.69, 9.17) is 27.9 Å². The van der Waals surface area contributed by atoms with E-state index >= 15 is 0 Å². The second kappa shape index (κ2) is 11.6. The van der Waals surface area contributed by atoms with Crippen molar-refractivity contribution in [2.24, 2.45) is 11.8 Å². The summed E-state index contributed by atoms with van der Waals surface area (Å²) in [6, 6.07) is 13.3. The molecule has 1 aliphatic heterocycles. The molecule has 0 aromatic heterocycles. The van der Waals surface area contributed by atoms with Gasteiger partial charge in [0.15, 0.2) is 0 Å². The summed E-state index contributed by atoms with van der Waals surface area (Å²) in [6.07, 6.45) is 6.50. The molecule has 2 aromatic rings. The first-order valence-electron chi connectivity index (χ1n) is 14.4. The number of aromatic hydroxyl groups is 1. The van der Waals surface area contributed by atoms with Crippen molar-refractivity contribution in [2.45, 2.75) is 75.9 Å². The lowest BCUT2D eigenvalue weighted by molar-refractivity contribution is -0.162. The van der Waals surface area contributed by atoms with Gasteiger partial charge in [-0.1, -0.05) is 55.2 Å². The number of benzene rings is 2. The molecule has 7 heteroatoms. The van der Waals surface area contributed by atoms with Crippen LogP contribution in [0, 0.1) is 11.8 Å². The molecule has 3 atom stereocenters. The summed E-state index contributed by atoms with van der Waals surface area (Å²) in [5, 5.41) is 11.5. The number of ether oxygens (including phenoxy) is 1. The van der Waals surface area contributed by atoms with Crippen LogP contribution >= 0.6 is 23.2 Å². The topological polar surface area (TPSA) is 53.0 Å². The molecule has 2 aromatic carbocycles. The van der Waals surface area contributed by atoms with Crippen LogP contribution in [0.25, 0.3) is 0 Å². The van der Waals surface area contributed by atoms with Gasteiger partial charge in [-0.25, -0.2) is 0 Å². The average molecular weight is 574 g/mol. The molecule has 3 fully saturated rings. The summed E-state index contributed by atoms with van der Waals surface area (Å²) in [7, 11) is 1.86. The number of phenols is 1. The maximum atomic E-state index is 13.9. The second-order valence-corrected chi connectivity index (χ2v) is 13.3. The third-order valence-corrected chi connectivity index (χ3v) is 10.1. The number of phenolic OH excluding ortho intramolecular Hbond substituents is 1. The fourth-order valence-electron chi connectivity index (χ4n) is 7.23. The Hall–Kier alpha value is -1.79. The summed E-state index contributed by atoms with van der Waals surface area (Å²) < 4.78 is 6.55. The Morgan fingerprint density at radius 1 is 1.13 bits per heavy atom. The molecule has 0 bridgehead atoms. The van der Waals surface area contributed by atoms with E-state index in [0.717, 1.165) is 62.4 Å². The Balaban J connectivity index is 1.47. The second-order valence-electron chi connectivity index (χ2n) is 12.5. The van der Waals surface area contributed by atoms with E-state index in [-0.39, 0.29) is 28.7 Å². The van der Waals surface area contributed by atoms with E-state index in [1.54, 1.807) is 18.2 Å². The summed E-state index contributed by atoms with van der Waals surface area (Å²) in [5.74, 6) is 1.57. The van der Waals surface area contributed by atoms with Crippen LogP contribution in [0.3, 0.4) is 0 Å². The number of nitrogens with zero attached hydrogens (tertiary/aromatic N) is 2. The Kier molecular flexibility index (Phi) is 8.54. The molecule has 1 heterocycles. The summed E-state index contributed by atoms with van der Waals surface area (Å²) in [5.41, 5.74) is 1.35. The minimum absolute atomic E-state index is 0.0864. The summed E-state index contributed by atoms with van der Waals surface area (Å²) in [4.78, 5) is 18.6. The molecule has 2 saturated carbocycles. The van der Waals surface area contributed by atoms with Gasteiger partial charge in [0.1, 0.15) is 5.75 Å². The number of likely N-dealkylation sites (tertiary alicyclic amines) is 1. The number of halogens is 2. The first-order valence-corrected chi connectivity index (χ1v) is 15.2. The van der Waals surface area contributed by atoms with Crippen LogP contribution in [-0.2, 0) is 21.4 Å². The zero-order valence-electron chi connectivity index (χ0n) is 23.5. The third-order valence-electron chi connectivity index (χ3n) is 9.34. The smallest absolute Gasteiger partial charge is 0.227 e. The van der Waals surface area contributed by atoms with Gasteiger partial charge in [0.05, 0.1) is 22.1 Å². The highest BCUT2D eigenvalue weighted by molar-refractivity contribution is 6.42. The fourth-order valence-corrected chi connectivity index (χ4v) is 7.55. The van der Waals surface area contributed by atoms with Crippen molar-refractivity contribution in [2.75, 3.05) is 33.3 Å². The van der Waals surface area contributed by atoms with Crippen LogP contribution < -0.4 is 0 Å². The lowest BCUT2D eigenvalue weighted by atomic mass is 9.55. The van der Waals surface area contributed by atoms with Crippen LogP contribution in [-0.4, -0.2) is 65.7 Å². The maximum absolute atomic E-state index is 13.9. The van der Waals surface area contributed by atoms with Gasteiger partial charge in [0.2, 0.25) is 5.91 Å². The Morgan fingerprint density at radius 2 is 1.92 bits per heavy atom. The number of amides is 1. The van der Waals surface area contributed by atoms with Gasteiger partial charge in [0.25, 0.3) is 0 Å². The SMILES string of the molecule is CO[C@]12CC[C@@H](N(CC(C)C)C(=O)Cc3ccc(Cl)c(Cl)c3)C[C@]1(c1cccc(O)c1)CCN(CC1CC1)C2. The number of fused-ring (bicyclic) bond motifs is 1. The van der Waals surface area contributed by atoms with E-state index in [0.29, 0.717) is 28.9 Å². The molecule has 1 N–H and O–H groups in total. The van der Waals surface area contributed by atoms with Crippen molar-refractivity contribution in [3.63, 3.8) is 0 Å². The number of rotatable bonds is 9. The molecule has 39 heavy (non-hydrogen) atoms. The van der Waals surface area contributed by atoms with Crippen LogP contribution in [0.15, 0.2) is 42.5 Å². The predicted molar refractivity (Wildman–Crippen MR) is 158 cm³/mol. The van der Waals surface area contributed by atoms with Crippen molar-refractivity contribution in [3.05, 3.63) is 63.6 Å². The molecule has 5 nitrogen and oxygen atoms in total. The van der Waals surface area contributed by atoms with Gasteiger partial charge in [-0.3, -0.25) is 4.79 Å². The highest BCUT2D eigenvalue weighted by Crippen LogP contribution is 2.55. The molecule has 1 saturated heterocycles. The number of methoxy groups -OCH3 is 1. The predicted octanol–water partition coefficient (Wildman–Crippen LogP) is 6.72. The van der Waals surface area contributed by atoms with Crippen molar-refractivity contribution < 1.29 is 14.6 Å². The molecule has 2 aliphatic carbocycles. The fraction of sp³-hybridized carbons (Fsp3) is 0.594. The first-order chi connectivity index (χ1) is 18.6. The number of carbonyl (C=O) groups is 1. The first kappa shape index (κ1) is 28.7. The van der Waals surface area contributed by atoms with Crippen LogP contribution in [0.5, 0.6) is 5.75 Å². The van der Waals surface area contributed by atoms with Crippen LogP contribution in [0.2, 0.25) is 10.0 Å². The van der Waals surface area contributed by atoms with Gasteiger partial charge in [-0.05, 0) is 92.3 Å². The van der Waals surface area contributed by atoms with Crippen LogP contribution in [0.1, 0.15) is 63.5 Å². The van der Waals surface area contributed by atoms with Crippen molar-refractivity contribution in [1.29, 1.82) is 0 Å². The number of carbonyl (C=O) groups excluding carboxylic acids is 1. The lowest BCUT2D eigenvalue weighted by Crippen LogP contribution is -2.68. The standard InChI is InChI=1S/C32H42Cl2N2O3/c1-22(2)19-36(30(38)16-24-9-10-28(33)29(34)15-24)26-11-12-32(39-3)21-35(20-23-7-8-23)14-13-31(32,18-26)25-5-4-6-27(37)17-25/h4-6,9-10,15,17,22-23,26,37H,7-8,11-14,16,18-21H2,1-3H3/t26-,31+,32+/m1/s1. The van der Waals surface area contributed by atoms with Crippen molar-refractivity contribution in [3.8, 4) is 5.75 Å². The number of piperidine rings is 1. The molecular weight excluding hydrogens is 531 g/mol. The van der Waals surface area contributed by atoms with E-state index < -0.39 is 0 Å². The monoisotopic (exact) mass is 572 g/mol.